The Morgan fingerprint density at radius 1 is 1.16 bits per heavy atom. The summed E-state index contributed by atoms with van der Waals surface area (Å²) in [5.41, 5.74) is 4.85. The molecule has 1 aliphatic heterocycles. The Morgan fingerprint density at radius 3 is 2.78 bits per heavy atom. The normalized spacial score (nSPS) is 12.7. The van der Waals surface area contributed by atoms with Gasteiger partial charge in [0, 0.05) is 41.8 Å². The van der Waals surface area contributed by atoms with Crippen molar-refractivity contribution in [2.24, 2.45) is 0 Å². The van der Waals surface area contributed by atoms with Crippen LogP contribution < -0.4 is 15.0 Å². The number of aromatic nitrogens is 3. The van der Waals surface area contributed by atoms with Gasteiger partial charge in [-0.25, -0.2) is 9.97 Å². The fourth-order valence-electron chi connectivity index (χ4n) is 4.65. The quantitative estimate of drug-likeness (QED) is 0.247. The van der Waals surface area contributed by atoms with Crippen molar-refractivity contribution >= 4 is 34.0 Å². The van der Waals surface area contributed by atoms with E-state index < -0.39 is 0 Å². The number of carbonyl (C=O) groups is 1. The zero-order valence-corrected chi connectivity index (χ0v) is 21.4. The Hall–Kier alpha value is -4.17. The van der Waals surface area contributed by atoms with Crippen LogP contribution >= 0.6 is 0 Å². The molecule has 2 aromatic heterocycles. The van der Waals surface area contributed by atoms with E-state index in [0.29, 0.717) is 18.0 Å². The molecule has 8 nitrogen and oxygen atoms in total. The first-order chi connectivity index (χ1) is 18.0. The highest BCUT2D eigenvalue weighted by atomic mass is 16.5. The summed E-state index contributed by atoms with van der Waals surface area (Å²) in [5, 5.41) is 3.76. The Kier molecular flexibility index (Phi) is 7.18. The van der Waals surface area contributed by atoms with Crippen LogP contribution in [0.2, 0.25) is 0 Å². The Morgan fingerprint density at radius 2 is 2.00 bits per heavy atom. The third kappa shape index (κ3) is 5.34. The molecule has 2 aromatic carbocycles. The number of hydrogen-bond acceptors (Lipinski definition) is 6. The van der Waals surface area contributed by atoms with Gasteiger partial charge in [0.05, 0.1) is 17.8 Å². The lowest BCUT2D eigenvalue weighted by molar-refractivity contribution is -0.111. The third-order valence-electron chi connectivity index (χ3n) is 6.54. The van der Waals surface area contributed by atoms with Gasteiger partial charge >= 0.3 is 0 Å². The largest absolute Gasteiger partial charge is 0.491 e. The van der Waals surface area contributed by atoms with Gasteiger partial charge in [0.2, 0.25) is 5.91 Å². The molecule has 3 heterocycles. The lowest BCUT2D eigenvalue weighted by Gasteiger charge is -2.21. The molecule has 1 aliphatic rings. The molecule has 37 heavy (non-hydrogen) atoms. The van der Waals surface area contributed by atoms with E-state index in [-0.39, 0.29) is 5.91 Å². The number of nitrogens with zero attached hydrogens (tertiary/aromatic N) is 5. The second-order valence-corrected chi connectivity index (χ2v) is 9.42. The fraction of sp³-hybridized carbons (Fsp3) is 0.276. The first kappa shape index (κ1) is 24.5. The van der Waals surface area contributed by atoms with E-state index in [9.17, 15) is 4.79 Å². The number of anilines is 3. The molecule has 0 radical (unpaired) electrons. The summed E-state index contributed by atoms with van der Waals surface area (Å²) < 4.78 is 8.20. The topological polar surface area (TPSA) is 75.5 Å². The number of nitrogens with one attached hydrogen (secondary N) is 1. The number of hydrogen-bond donors (Lipinski definition) is 1. The average molecular weight is 497 g/mol. The van der Waals surface area contributed by atoms with Gasteiger partial charge in [-0.05, 0) is 81.9 Å². The van der Waals surface area contributed by atoms with E-state index in [1.165, 1.54) is 11.6 Å². The maximum absolute atomic E-state index is 12.2. The molecular formula is C29H32N6O2. The number of amides is 1. The van der Waals surface area contributed by atoms with E-state index in [1.54, 1.807) is 6.33 Å². The molecule has 0 fully saturated rings. The lowest BCUT2D eigenvalue weighted by atomic mass is 10.1. The van der Waals surface area contributed by atoms with Crippen molar-refractivity contribution in [1.29, 1.82) is 0 Å². The molecule has 0 bridgehead atoms. The Labute approximate surface area is 217 Å². The molecule has 0 saturated heterocycles. The summed E-state index contributed by atoms with van der Waals surface area (Å²) >= 11 is 0. The van der Waals surface area contributed by atoms with Crippen molar-refractivity contribution in [3.8, 4) is 11.4 Å². The molecule has 1 N–H and O–H groups in total. The van der Waals surface area contributed by atoms with E-state index >= 15 is 0 Å². The minimum Gasteiger partial charge on any atom is -0.491 e. The van der Waals surface area contributed by atoms with Crippen molar-refractivity contribution in [1.82, 2.24) is 19.4 Å². The summed E-state index contributed by atoms with van der Waals surface area (Å²) in [4.78, 5) is 25.8. The van der Waals surface area contributed by atoms with Gasteiger partial charge in [0.1, 0.15) is 17.9 Å². The summed E-state index contributed by atoms with van der Waals surface area (Å²) in [6, 6.07) is 14.4. The molecule has 5 rings (SSSR count). The Balaban J connectivity index is 1.49. The van der Waals surface area contributed by atoms with Crippen molar-refractivity contribution < 1.29 is 9.53 Å². The number of rotatable bonds is 10. The standard InChI is InChI=1S/C29H32N6O2/c1-4-28(36)32-25-18-23-24(19-27(25)37-16-8-7-12-33(2)3)30-20-31-29(23)35-15-11-21-9-10-22(17-26(21)35)34-13-5-6-14-34/h4-6,9-10,13-14,17-20H,1,7-8,11-12,15-16H2,2-3H3,(H,32,36). The Bertz CT molecular complexity index is 1410. The van der Waals surface area contributed by atoms with Crippen LogP contribution in [0.15, 0.2) is 73.8 Å². The number of unbranched alkanes of at least 4 members (excludes halogenated alkanes) is 1. The average Bonchev–Trinajstić information content (AvgIpc) is 3.58. The van der Waals surface area contributed by atoms with E-state index in [2.05, 4.69) is 68.5 Å². The van der Waals surface area contributed by atoms with Crippen LogP contribution in [0.1, 0.15) is 18.4 Å². The van der Waals surface area contributed by atoms with Gasteiger partial charge < -0.3 is 24.4 Å². The van der Waals surface area contributed by atoms with Crippen LogP contribution in [0, 0.1) is 0 Å². The van der Waals surface area contributed by atoms with Crippen LogP contribution in [-0.4, -0.2) is 59.1 Å². The number of carbonyl (C=O) groups excluding carboxylic acids is 1. The summed E-state index contributed by atoms with van der Waals surface area (Å²) in [7, 11) is 4.12. The van der Waals surface area contributed by atoms with Crippen molar-refractivity contribution in [3.05, 3.63) is 79.4 Å². The number of benzene rings is 2. The van der Waals surface area contributed by atoms with Crippen molar-refractivity contribution in [2.45, 2.75) is 19.3 Å². The number of ether oxygens (including phenoxy) is 1. The van der Waals surface area contributed by atoms with Crippen LogP contribution in [0.3, 0.4) is 0 Å². The maximum Gasteiger partial charge on any atom is 0.247 e. The molecule has 1 amide bonds. The molecule has 0 spiro atoms. The summed E-state index contributed by atoms with van der Waals surface area (Å²) in [6.07, 6.45) is 9.80. The van der Waals surface area contributed by atoms with E-state index in [0.717, 1.165) is 60.4 Å². The smallest absolute Gasteiger partial charge is 0.247 e. The second-order valence-electron chi connectivity index (χ2n) is 9.42. The van der Waals surface area contributed by atoms with Crippen molar-refractivity contribution in [2.75, 3.05) is 44.0 Å². The zero-order valence-electron chi connectivity index (χ0n) is 21.4. The minimum absolute atomic E-state index is 0.293. The van der Waals surface area contributed by atoms with Crippen molar-refractivity contribution in [3.63, 3.8) is 0 Å². The SMILES string of the molecule is C=CC(=O)Nc1cc2c(N3CCc4ccc(-n5cccc5)cc43)ncnc2cc1OCCCCN(C)C. The highest BCUT2D eigenvalue weighted by Crippen LogP contribution is 2.40. The molecule has 8 heteroatoms. The van der Waals surface area contributed by atoms with Gasteiger partial charge in [-0.2, -0.15) is 0 Å². The zero-order chi connectivity index (χ0) is 25.8. The van der Waals surface area contributed by atoms with E-state index in [1.807, 2.05) is 36.7 Å². The maximum atomic E-state index is 12.2. The monoisotopic (exact) mass is 496 g/mol. The minimum atomic E-state index is -0.293. The lowest BCUT2D eigenvalue weighted by Crippen LogP contribution is -2.16. The first-order valence-electron chi connectivity index (χ1n) is 12.6. The summed E-state index contributed by atoms with van der Waals surface area (Å²) in [6.45, 7) is 5.96. The van der Waals surface area contributed by atoms with Crippen LogP contribution in [-0.2, 0) is 11.2 Å². The first-order valence-corrected chi connectivity index (χ1v) is 12.6. The predicted octanol–water partition coefficient (Wildman–Crippen LogP) is 4.96. The highest BCUT2D eigenvalue weighted by Gasteiger charge is 2.24. The molecule has 190 valence electrons. The second kappa shape index (κ2) is 10.8. The van der Waals surface area contributed by atoms with Gasteiger partial charge in [-0.3, -0.25) is 4.79 Å². The molecule has 4 aromatic rings. The predicted molar refractivity (Wildman–Crippen MR) is 148 cm³/mol. The van der Waals surface area contributed by atoms with Gasteiger partial charge in [0.15, 0.2) is 0 Å². The molecule has 0 saturated carbocycles. The number of fused-ring (bicyclic) bond motifs is 2. The van der Waals surface area contributed by atoms with Crippen LogP contribution in [0.5, 0.6) is 5.75 Å². The molecule has 0 atom stereocenters. The fourth-order valence-corrected chi connectivity index (χ4v) is 4.65. The highest BCUT2D eigenvalue weighted by molar-refractivity contribution is 6.03. The van der Waals surface area contributed by atoms with Crippen LogP contribution in [0.4, 0.5) is 17.2 Å². The van der Waals surface area contributed by atoms with Crippen LogP contribution in [0.25, 0.3) is 16.6 Å². The summed E-state index contributed by atoms with van der Waals surface area (Å²) in [5.74, 6) is 1.10. The molecule has 0 aliphatic carbocycles. The van der Waals surface area contributed by atoms with Gasteiger partial charge in [-0.15, -0.1) is 0 Å². The molecule has 0 unspecified atom stereocenters. The van der Waals surface area contributed by atoms with E-state index in [4.69, 9.17) is 4.74 Å². The third-order valence-corrected chi connectivity index (χ3v) is 6.54. The molecular weight excluding hydrogens is 464 g/mol. The van der Waals surface area contributed by atoms with Gasteiger partial charge in [-0.1, -0.05) is 12.6 Å². The van der Waals surface area contributed by atoms with Gasteiger partial charge in [0.25, 0.3) is 0 Å².